The fourth-order valence-corrected chi connectivity index (χ4v) is 8.49. The molecule has 0 saturated heterocycles. The van der Waals surface area contributed by atoms with Crippen LogP contribution in [0.4, 0.5) is 5.69 Å². The number of carboxylic acid groups (broad SMARTS) is 1. The summed E-state index contributed by atoms with van der Waals surface area (Å²) in [4.78, 5) is 17.4. The highest BCUT2D eigenvalue weighted by Crippen LogP contribution is 2.56. The van der Waals surface area contributed by atoms with Crippen molar-refractivity contribution in [2.24, 2.45) is 11.8 Å². The predicted molar refractivity (Wildman–Crippen MR) is 169 cm³/mol. The first kappa shape index (κ1) is 29.0. The monoisotopic (exact) mass is 586 g/mol. The van der Waals surface area contributed by atoms with Crippen molar-refractivity contribution >= 4 is 23.3 Å². The molecule has 222 valence electrons. The molecule has 1 unspecified atom stereocenters. The summed E-state index contributed by atoms with van der Waals surface area (Å²) >= 11 is 6.23. The van der Waals surface area contributed by atoms with Gasteiger partial charge in [0.25, 0.3) is 0 Å². The number of hydrogen-bond donors (Lipinski definition) is 2. The van der Waals surface area contributed by atoms with Crippen LogP contribution in [0.5, 0.6) is 5.75 Å². The minimum Gasteiger partial charge on any atom is -0.493 e. The van der Waals surface area contributed by atoms with Crippen LogP contribution in [0.1, 0.15) is 92.7 Å². The normalized spacial score (nSPS) is 27.2. The molecule has 1 aromatic heterocycles. The molecule has 3 atom stereocenters. The van der Waals surface area contributed by atoms with E-state index in [-0.39, 0.29) is 5.41 Å². The standard InChI is InChI=1S/C36H43ClN2O3/c1-23(22-42-32-13-18-38-31-12-5-8-25(3)33(31)32)19-26-20-29-24(2)7-4-11-30(29)35(26)14-16-36(17-15-35,34(40)41)39-28-10-6-9-27(37)21-28/h4,6-7,9-11,13,18,21,23,25-26,39H,5,8,12,14-17,19-20,22H2,1-3H3,(H,40,41)/t23-,25-,26?,35?,36?/m1/s1. The van der Waals surface area contributed by atoms with Gasteiger partial charge in [-0.15, -0.1) is 0 Å². The van der Waals surface area contributed by atoms with E-state index in [0.717, 1.165) is 43.5 Å². The molecule has 42 heavy (non-hydrogen) atoms. The number of rotatable bonds is 8. The molecule has 3 aliphatic rings. The largest absolute Gasteiger partial charge is 0.493 e. The highest BCUT2D eigenvalue weighted by atomic mass is 35.5. The Morgan fingerprint density at radius 1 is 1.17 bits per heavy atom. The van der Waals surface area contributed by atoms with E-state index < -0.39 is 11.5 Å². The van der Waals surface area contributed by atoms with Crippen molar-refractivity contribution in [2.75, 3.05) is 11.9 Å². The zero-order valence-corrected chi connectivity index (χ0v) is 25.8. The van der Waals surface area contributed by atoms with Crippen LogP contribution in [-0.2, 0) is 23.1 Å². The van der Waals surface area contributed by atoms with Gasteiger partial charge in [-0.25, -0.2) is 4.79 Å². The molecule has 2 aromatic carbocycles. The Bertz CT molecular complexity index is 1460. The number of anilines is 1. The SMILES string of the molecule is Cc1cccc2c1CC(C[C@@H](C)COc1ccnc3c1[C@H](C)CCC3)C21CCC(Nc2cccc(Cl)c2)(C(=O)O)CC1. The summed E-state index contributed by atoms with van der Waals surface area (Å²) in [7, 11) is 0. The van der Waals surface area contributed by atoms with Gasteiger partial charge in [0.15, 0.2) is 0 Å². The molecule has 1 heterocycles. The fourth-order valence-electron chi connectivity index (χ4n) is 8.30. The minimum atomic E-state index is -1.00. The number of aryl methyl sites for hydroxylation is 2. The molecule has 1 spiro atoms. The van der Waals surface area contributed by atoms with Gasteiger partial charge < -0.3 is 15.2 Å². The maximum Gasteiger partial charge on any atom is 0.329 e. The number of aromatic nitrogens is 1. The first-order valence-corrected chi connectivity index (χ1v) is 16.1. The highest BCUT2D eigenvalue weighted by molar-refractivity contribution is 6.30. The number of nitrogens with one attached hydrogen (secondary N) is 1. The molecule has 3 aromatic rings. The summed E-state index contributed by atoms with van der Waals surface area (Å²) in [6.45, 7) is 7.51. The van der Waals surface area contributed by atoms with E-state index in [2.05, 4.69) is 49.3 Å². The van der Waals surface area contributed by atoms with Gasteiger partial charge in [-0.05, 0) is 129 Å². The van der Waals surface area contributed by atoms with E-state index in [9.17, 15) is 9.90 Å². The highest BCUT2D eigenvalue weighted by Gasteiger charge is 2.54. The lowest BCUT2D eigenvalue weighted by Crippen LogP contribution is -2.53. The van der Waals surface area contributed by atoms with Crippen molar-refractivity contribution in [1.82, 2.24) is 4.98 Å². The summed E-state index contributed by atoms with van der Waals surface area (Å²) < 4.78 is 6.53. The molecule has 6 heteroatoms. The molecule has 0 radical (unpaired) electrons. The number of fused-ring (bicyclic) bond motifs is 3. The molecule has 2 N–H and O–H groups in total. The summed E-state index contributed by atoms with van der Waals surface area (Å²) in [5.41, 5.74) is 6.52. The average Bonchev–Trinajstić information content (AvgIpc) is 3.26. The van der Waals surface area contributed by atoms with Crippen molar-refractivity contribution in [1.29, 1.82) is 0 Å². The molecule has 1 fully saturated rings. The predicted octanol–water partition coefficient (Wildman–Crippen LogP) is 8.51. The van der Waals surface area contributed by atoms with Crippen LogP contribution in [-0.4, -0.2) is 28.2 Å². The zero-order chi connectivity index (χ0) is 29.5. The van der Waals surface area contributed by atoms with Crippen LogP contribution >= 0.6 is 11.6 Å². The molecule has 5 nitrogen and oxygen atoms in total. The third kappa shape index (κ3) is 5.30. The van der Waals surface area contributed by atoms with Gasteiger partial charge in [0.2, 0.25) is 0 Å². The molecule has 1 saturated carbocycles. The van der Waals surface area contributed by atoms with E-state index in [1.54, 1.807) is 0 Å². The van der Waals surface area contributed by atoms with Gasteiger partial charge in [0.05, 0.1) is 6.61 Å². The first-order chi connectivity index (χ1) is 20.2. The Hall–Kier alpha value is -3.05. The second-order valence-corrected chi connectivity index (χ2v) is 13.7. The lowest BCUT2D eigenvalue weighted by molar-refractivity contribution is -0.144. The van der Waals surface area contributed by atoms with Crippen molar-refractivity contribution in [3.8, 4) is 5.75 Å². The van der Waals surface area contributed by atoms with E-state index in [1.807, 2.05) is 36.5 Å². The van der Waals surface area contributed by atoms with Crippen LogP contribution in [0.3, 0.4) is 0 Å². The molecular formula is C36H43ClN2O3. The molecule has 0 bridgehead atoms. The second-order valence-electron chi connectivity index (χ2n) is 13.3. The zero-order valence-electron chi connectivity index (χ0n) is 25.1. The minimum absolute atomic E-state index is 0.0189. The van der Waals surface area contributed by atoms with Crippen molar-refractivity contribution in [3.05, 3.63) is 87.7 Å². The number of ether oxygens (including phenoxy) is 1. The number of aliphatic carboxylic acids is 1. The van der Waals surface area contributed by atoms with Gasteiger partial charge in [-0.2, -0.15) is 0 Å². The maximum atomic E-state index is 12.8. The number of carboxylic acids is 1. The second kappa shape index (κ2) is 11.6. The number of pyridine rings is 1. The van der Waals surface area contributed by atoms with Gasteiger partial charge in [-0.3, -0.25) is 4.98 Å². The molecule has 0 amide bonds. The van der Waals surface area contributed by atoms with E-state index in [1.165, 1.54) is 40.8 Å². The number of carbonyl (C=O) groups is 1. The fraction of sp³-hybridized carbons (Fsp3) is 0.500. The van der Waals surface area contributed by atoms with Gasteiger partial charge in [-0.1, -0.05) is 49.7 Å². The summed E-state index contributed by atoms with van der Waals surface area (Å²) in [5, 5.41) is 14.5. The number of benzene rings is 2. The lowest BCUT2D eigenvalue weighted by Gasteiger charge is -2.47. The maximum absolute atomic E-state index is 12.8. The quantitative estimate of drug-likeness (QED) is 0.277. The summed E-state index contributed by atoms with van der Waals surface area (Å²) in [5.74, 6) is 1.54. The summed E-state index contributed by atoms with van der Waals surface area (Å²) in [6, 6.07) is 16.2. The average molecular weight is 587 g/mol. The molecule has 0 aliphatic heterocycles. The number of halogens is 1. The third-order valence-corrected chi connectivity index (χ3v) is 10.8. The third-order valence-electron chi connectivity index (χ3n) is 10.6. The van der Waals surface area contributed by atoms with Crippen molar-refractivity contribution in [2.45, 2.75) is 95.4 Å². The lowest BCUT2D eigenvalue weighted by atomic mass is 9.59. The van der Waals surface area contributed by atoms with Crippen molar-refractivity contribution < 1.29 is 14.6 Å². The Balaban J connectivity index is 1.21. The topological polar surface area (TPSA) is 71.5 Å². The summed E-state index contributed by atoms with van der Waals surface area (Å²) in [6.07, 6.45) is 10.3. The van der Waals surface area contributed by atoms with Crippen LogP contribution in [0.15, 0.2) is 54.7 Å². The smallest absolute Gasteiger partial charge is 0.329 e. The Morgan fingerprint density at radius 3 is 2.71 bits per heavy atom. The molecule has 6 rings (SSSR count). The number of hydrogen-bond acceptors (Lipinski definition) is 4. The Labute approximate surface area is 255 Å². The van der Waals surface area contributed by atoms with Crippen LogP contribution < -0.4 is 10.1 Å². The van der Waals surface area contributed by atoms with Gasteiger partial charge >= 0.3 is 5.97 Å². The van der Waals surface area contributed by atoms with Crippen molar-refractivity contribution in [3.63, 3.8) is 0 Å². The molecular weight excluding hydrogens is 544 g/mol. The van der Waals surface area contributed by atoms with E-state index in [4.69, 9.17) is 16.3 Å². The van der Waals surface area contributed by atoms with Crippen LogP contribution in [0.2, 0.25) is 5.02 Å². The van der Waals surface area contributed by atoms with Gasteiger partial charge in [0.1, 0.15) is 11.3 Å². The molecule has 3 aliphatic carbocycles. The van der Waals surface area contributed by atoms with E-state index in [0.29, 0.717) is 42.2 Å². The number of nitrogens with zero attached hydrogens (tertiary/aromatic N) is 1. The Kier molecular flexibility index (Phi) is 7.99. The van der Waals surface area contributed by atoms with Gasteiger partial charge in [0, 0.05) is 28.2 Å². The Morgan fingerprint density at radius 2 is 1.95 bits per heavy atom. The van der Waals surface area contributed by atoms with Crippen LogP contribution in [0.25, 0.3) is 0 Å². The first-order valence-electron chi connectivity index (χ1n) is 15.7. The van der Waals surface area contributed by atoms with E-state index >= 15 is 0 Å². The van der Waals surface area contributed by atoms with Crippen LogP contribution in [0, 0.1) is 18.8 Å².